The molecule has 4 nitrogen and oxygen atoms in total. The molecule has 0 radical (unpaired) electrons. The van der Waals surface area contributed by atoms with Gasteiger partial charge < -0.3 is 14.2 Å². The van der Waals surface area contributed by atoms with Crippen LogP contribution in [0.3, 0.4) is 0 Å². The van der Waals surface area contributed by atoms with Crippen LogP contribution in [0, 0.1) is 0 Å². The second-order valence-electron chi connectivity index (χ2n) is 4.27. The highest BCUT2D eigenvalue weighted by molar-refractivity contribution is 9.10. The molecule has 2 aromatic rings. The fraction of sp³-hybridized carbons (Fsp3) is 0.200. The van der Waals surface area contributed by atoms with Gasteiger partial charge in [-0.1, -0.05) is 18.2 Å². The Kier molecular flexibility index (Phi) is 5.39. The Balaban J connectivity index is 2.60. The third kappa shape index (κ3) is 3.45. The summed E-state index contributed by atoms with van der Waals surface area (Å²) in [6.07, 6.45) is 0. The molecule has 0 heterocycles. The van der Waals surface area contributed by atoms with Gasteiger partial charge in [0, 0.05) is 12.2 Å². The van der Waals surface area contributed by atoms with E-state index in [0.29, 0.717) is 22.5 Å². The van der Waals surface area contributed by atoms with Gasteiger partial charge in [-0.15, -0.1) is 0 Å². The number of benzene rings is 2. The van der Waals surface area contributed by atoms with E-state index in [4.69, 9.17) is 4.74 Å². The van der Waals surface area contributed by atoms with Crippen LogP contribution in [0.5, 0.6) is 5.75 Å². The second kappa shape index (κ2) is 7.06. The molecule has 0 saturated carbocycles. The molecule has 0 N–H and O–H groups in total. The van der Waals surface area contributed by atoms with Crippen molar-refractivity contribution in [2.24, 2.45) is 0 Å². The van der Waals surface area contributed by atoms with Gasteiger partial charge in [0.25, 0.3) is 0 Å². The lowest BCUT2D eigenvalue weighted by molar-refractivity contribution is 0.410. The molecular weight excluding hydrogens is 354 g/mol. The third-order valence-corrected chi connectivity index (χ3v) is 4.39. The Bertz CT molecular complexity index is 649. The molecule has 21 heavy (non-hydrogen) atoms. The second-order valence-corrected chi connectivity index (χ2v) is 6.03. The molecule has 0 bridgehead atoms. The summed E-state index contributed by atoms with van der Waals surface area (Å²) < 4.78 is 29.0. The molecule has 0 fully saturated rings. The van der Waals surface area contributed by atoms with Gasteiger partial charge in [0.2, 0.25) is 0 Å². The lowest BCUT2D eigenvalue weighted by Gasteiger charge is -2.27. The predicted molar refractivity (Wildman–Crippen MR) is 87.0 cm³/mol. The van der Waals surface area contributed by atoms with Crippen molar-refractivity contribution < 1.29 is 13.5 Å². The van der Waals surface area contributed by atoms with Crippen molar-refractivity contribution in [1.29, 1.82) is 0 Å². The SMILES string of the molecule is CCN(c1ccccc1)c1cc(Br)c(OC)cc1S(=O)[O-]. The van der Waals surface area contributed by atoms with Gasteiger partial charge in [0.05, 0.1) is 22.2 Å². The zero-order valence-electron chi connectivity index (χ0n) is 11.7. The predicted octanol–water partition coefficient (Wildman–Crippen LogP) is 3.85. The Morgan fingerprint density at radius 3 is 2.48 bits per heavy atom. The summed E-state index contributed by atoms with van der Waals surface area (Å²) >= 11 is 1.06. The van der Waals surface area contributed by atoms with E-state index in [0.717, 1.165) is 5.69 Å². The highest BCUT2D eigenvalue weighted by Crippen LogP contribution is 2.37. The lowest BCUT2D eigenvalue weighted by Crippen LogP contribution is -2.18. The first-order chi connectivity index (χ1) is 10.1. The summed E-state index contributed by atoms with van der Waals surface area (Å²) in [5.74, 6) is 0.488. The first-order valence-electron chi connectivity index (χ1n) is 6.37. The monoisotopic (exact) mass is 368 g/mol. The molecule has 0 spiro atoms. The van der Waals surface area contributed by atoms with Gasteiger partial charge in [-0.05, 0) is 58.2 Å². The van der Waals surface area contributed by atoms with E-state index in [1.165, 1.54) is 13.2 Å². The van der Waals surface area contributed by atoms with Gasteiger partial charge in [-0.2, -0.15) is 0 Å². The molecule has 1 atom stereocenters. The van der Waals surface area contributed by atoms with E-state index in [-0.39, 0.29) is 4.90 Å². The highest BCUT2D eigenvalue weighted by Gasteiger charge is 2.16. The number of halogens is 1. The molecule has 2 rings (SSSR count). The van der Waals surface area contributed by atoms with E-state index < -0.39 is 11.1 Å². The van der Waals surface area contributed by atoms with Gasteiger partial charge in [-0.3, -0.25) is 4.21 Å². The summed E-state index contributed by atoms with van der Waals surface area (Å²) in [6, 6.07) is 12.9. The van der Waals surface area contributed by atoms with Crippen molar-refractivity contribution in [2.45, 2.75) is 11.8 Å². The van der Waals surface area contributed by atoms with Crippen molar-refractivity contribution in [3.63, 3.8) is 0 Å². The molecule has 1 unspecified atom stereocenters. The summed E-state index contributed by atoms with van der Waals surface area (Å²) in [7, 11) is 1.51. The number of hydrogen-bond acceptors (Lipinski definition) is 4. The van der Waals surface area contributed by atoms with Crippen LogP contribution in [0.1, 0.15) is 6.92 Å². The molecule has 0 aliphatic rings. The average molecular weight is 369 g/mol. The van der Waals surface area contributed by atoms with Crippen LogP contribution in [0.2, 0.25) is 0 Å². The van der Waals surface area contributed by atoms with Crippen LogP contribution < -0.4 is 9.64 Å². The zero-order valence-corrected chi connectivity index (χ0v) is 14.1. The maximum absolute atomic E-state index is 11.6. The Morgan fingerprint density at radius 2 is 1.95 bits per heavy atom. The molecule has 0 aromatic heterocycles. The van der Waals surface area contributed by atoms with Crippen molar-refractivity contribution in [1.82, 2.24) is 0 Å². The number of hydrogen-bond donors (Lipinski definition) is 0. The van der Waals surface area contributed by atoms with E-state index in [1.807, 2.05) is 42.2 Å². The number of para-hydroxylation sites is 1. The number of ether oxygens (including phenoxy) is 1. The number of rotatable bonds is 5. The molecule has 0 amide bonds. The van der Waals surface area contributed by atoms with Crippen LogP contribution >= 0.6 is 15.9 Å². The summed E-state index contributed by atoms with van der Waals surface area (Å²) in [4.78, 5) is 2.15. The van der Waals surface area contributed by atoms with E-state index >= 15 is 0 Å². The fourth-order valence-corrected chi connectivity index (χ4v) is 3.16. The minimum absolute atomic E-state index is 0.209. The van der Waals surface area contributed by atoms with Crippen LogP contribution in [0.25, 0.3) is 0 Å². The maximum Gasteiger partial charge on any atom is 0.134 e. The lowest BCUT2D eigenvalue weighted by atomic mass is 10.2. The number of methoxy groups -OCH3 is 1. The number of anilines is 2. The minimum atomic E-state index is -2.35. The standard InChI is InChI=1S/C15H16BrNO3S/c1-3-17(11-7-5-4-6-8-11)13-9-12(16)14(20-2)10-15(13)21(18)19/h4-10H,3H2,1-2H3,(H,18,19)/p-1. The quantitative estimate of drug-likeness (QED) is 0.752. The first kappa shape index (κ1) is 16.0. The van der Waals surface area contributed by atoms with Crippen LogP contribution in [0.4, 0.5) is 11.4 Å². The molecule has 6 heteroatoms. The van der Waals surface area contributed by atoms with E-state index in [9.17, 15) is 8.76 Å². The van der Waals surface area contributed by atoms with Crippen molar-refractivity contribution >= 4 is 38.4 Å². The molecule has 0 aliphatic heterocycles. The molecule has 0 aliphatic carbocycles. The molecule has 0 saturated heterocycles. The Labute approximate surface area is 135 Å². The van der Waals surface area contributed by atoms with E-state index in [2.05, 4.69) is 15.9 Å². The first-order valence-corrected chi connectivity index (χ1v) is 8.24. The van der Waals surface area contributed by atoms with E-state index in [1.54, 1.807) is 6.07 Å². The minimum Gasteiger partial charge on any atom is -0.768 e. The van der Waals surface area contributed by atoms with Gasteiger partial charge in [0.15, 0.2) is 0 Å². The molecule has 112 valence electrons. The Hall–Kier alpha value is -1.37. The molecular formula is C15H15BrNO3S-. The topological polar surface area (TPSA) is 52.6 Å². The fourth-order valence-electron chi connectivity index (χ4n) is 2.13. The Morgan fingerprint density at radius 1 is 1.29 bits per heavy atom. The van der Waals surface area contributed by atoms with Gasteiger partial charge in [0.1, 0.15) is 5.75 Å². The third-order valence-electron chi connectivity index (χ3n) is 3.09. The summed E-state index contributed by atoms with van der Waals surface area (Å²) in [5, 5.41) is 0. The zero-order chi connectivity index (χ0) is 15.4. The maximum atomic E-state index is 11.6. The van der Waals surface area contributed by atoms with Crippen molar-refractivity contribution in [2.75, 3.05) is 18.6 Å². The largest absolute Gasteiger partial charge is 0.768 e. The van der Waals surface area contributed by atoms with Crippen LogP contribution in [-0.2, 0) is 11.1 Å². The normalized spacial score (nSPS) is 12.0. The van der Waals surface area contributed by atoms with Gasteiger partial charge in [-0.25, -0.2) is 0 Å². The van der Waals surface area contributed by atoms with Crippen molar-refractivity contribution in [3.05, 3.63) is 46.9 Å². The summed E-state index contributed by atoms with van der Waals surface area (Å²) in [5.41, 5.74) is 1.55. The molecule has 2 aromatic carbocycles. The smallest absolute Gasteiger partial charge is 0.134 e. The number of nitrogens with zero attached hydrogens (tertiary/aromatic N) is 1. The van der Waals surface area contributed by atoms with Crippen molar-refractivity contribution in [3.8, 4) is 5.75 Å². The van der Waals surface area contributed by atoms with Crippen LogP contribution in [-0.4, -0.2) is 22.4 Å². The average Bonchev–Trinajstić information content (AvgIpc) is 2.49. The van der Waals surface area contributed by atoms with Gasteiger partial charge >= 0.3 is 0 Å². The summed E-state index contributed by atoms with van der Waals surface area (Å²) in [6.45, 7) is 2.62. The highest BCUT2D eigenvalue weighted by atomic mass is 79.9. The van der Waals surface area contributed by atoms with Crippen LogP contribution in [0.15, 0.2) is 51.8 Å².